The van der Waals surface area contributed by atoms with Crippen molar-refractivity contribution in [2.45, 2.75) is 56.7 Å². The van der Waals surface area contributed by atoms with Crippen molar-refractivity contribution in [3.8, 4) is 0 Å². The number of nitrogens with one attached hydrogen (secondary N) is 2. The van der Waals surface area contributed by atoms with E-state index in [0.717, 1.165) is 23.9 Å². The minimum Gasteiger partial charge on any atom is -0.357 e. The number of aliphatic imine (C=N–C) groups is 1. The Morgan fingerprint density at radius 2 is 1.89 bits per heavy atom. The molecule has 0 aliphatic heterocycles. The number of sulfonamides is 1. The van der Waals surface area contributed by atoms with Crippen molar-refractivity contribution in [2.24, 2.45) is 10.4 Å². The van der Waals surface area contributed by atoms with Crippen molar-refractivity contribution in [3.05, 3.63) is 17.0 Å². The molecule has 1 aromatic heterocycles. The molecule has 1 aliphatic rings. The van der Waals surface area contributed by atoms with Gasteiger partial charge in [0.1, 0.15) is 4.21 Å². The van der Waals surface area contributed by atoms with Gasteiger partial charge in [0.2, 0.25) is 0 Å². The Morgan fingerprint density at radius 1 is 1.22 bits per heavy atom. The molecule has 1 saturated carbocycles. The quantitative estimate of drug-likeness (QED) is 0.307. The van der Waals surface area contributed by atoms with Crippen molar-refractivity contribution in [3.63, 3.8) is 0 Å². The van der Waals surface area contributed by atoms with Gasteiger partial charge >= 0.3 is 0 Å². The molecular weight excluding hydrogens is 495 g/mol. The molecule has 0 spiro atoms. The van der Waals surface area contributed by atoms with Crippen LogP contribution < -0.4 is 10.6 Å². The van der Waals surface area contributed by atoms with Crippen LogP contribution in [0.3, 0.4) is 0 Å². The minimum atomic E-state index is -3.37. The van der Waals surface area contributed by atoms with Crippen molar-refractivity contribution in [2.75, 3.05) is 27.2 Å². The molecule has 0 aromatic carbocycles. The summed E-state index contributed by atoms with van der Waals surface area (Å²) >= 11 is 1.28. The van der Waals surface area contributed by atoms with Gasteiger partial charge in [0.15, 0.2) is 5.96 Å². The van der Waals surface area contributed by atoms with E-state index in [-0.39, 0.29) is 24.0 Å². The van der Waals surface area contributed by atoms with Crippen LogP contribution in [0.5, 0.6) is 0 Å². The van der Waals surface area contributed by atoms with E-state index in [1.54, 1.807) is 20.2 Å². The monoisotopic (exact) mass is 528 g/mol. The van der Waals surface area contributed by atoms with E-state index in [4.69, 9.17) is 0 Å². The molecule has 0 bridgehead atoms. The highest BCUT2D eigenvalue weighted by Crippen LogP contribution is 2.40. The molecule has 0 radical (unpaired) electrons. The maximum Gasteiger partial charge on any atom is 0.252 e. The first-order valence-electron chi connectivity index (χ1n) is 9.36. The van der Waals surface area contributed by atoms with Crippen LogP contribution in [0.4, 0.5) is 0 Å². The Balaban J connectivity index is 0.00000364. The fraction of sp³-hybridized carbons (Fsp3) is 0.722. The Labute approximate surface area is 185 Å². The highest BCUT2D eigenvalue weighted by molar-refractivity contribution is 14.0. The van der Waals surface area contributed by atoms with E-state index in [1.807, 2.05) is 6.07 Å². The van der Waals surface area contributed by atoms with Crippen LogP contribution in [0.2, 0.25) is 0 Å². The largest absolute Gasteiger partial charge is 0.357 e. The minimum absolute atomic E-state index is 0. The van der Waals surface area contributed by atoms with Gasteiger partial charge in [0.05, 0.1) is 6.54 Å². The average Bonchev–Trinajstić information content (AvgIpc) is 3.27. The first-order valence-corrected chi connectivity index (χ1v) is 11.6. The predicted molar refractivity (Wildman–Crippen MR) is 125 cm³/mol. The number of halogens is 1. The fourth-order valence-corrected chi connectivity index (χ4v) is 5.76. The fourth-order valence-electron chi connectivity index (χ4n) is 3.31. The Hall–Kier alpha value is -0.390. The van der Waals surface area contributed by atoms with Crippen LogP contribution in [-0.4, -0.2) is 45.9 Å². The molecule has 1 aliphatic carbocycles. The number of hydrogen-bond acceptors (Lipinski definition) is 4. The van der Waals surface area contributed by atoms with E-state index in [2.05, 4.69) is 29.5 Å². The first-order chi connectivity index (χ1) is 12.3. The van der Waals surface area contributed by atoms with E-state index in [9.17, 15) is 8.42 Å². The van der Waals surface area contributed by atoms with Crippen molar-refractivity contribution < 1.29 is 8.42 Å². The Morgan fingerprint density at radius 3 is 2.44 bits per heavy atom. The molecule has 1 fully saturated rings. The number of thiophene rings is 1. The summed E-state index contributed by atoms with van der Waals surface area (Å²) in [7, 11) is -0.269. The lowest BCUT2D eigenvalue weighted by Crippen LogP contribution is -2.42. The van der Waals surface area contributed by atoms with Gasteiger partial charge in [-0.15, -0.1) is 35.3 Å². The summed E-state index contributed by atoms with van der Waals surface area (Å²) in [6.07, 6.45) is 6.40. The summed E-state index contributed by atoms with van der Waals surface area (Å²) in [6, 6.07) is 3.51. The summed E-state index contributed by atoms with van der Waals surface area (Å²) in [6.45, 7) is 6.54. The molecule has 0 saturated heterocycles. The van der Waals surface area contributed by atoms with Gasteiger partial charge in [-0.25, -0.2) is 17.7 Å². The maximum atomic E-state index is 12.2. The van der Waals surface area contributed by atoms with Crippen LogP contribution in [-0.2, 0) is 16.6 Å². The lowest BCUT2D eigenvalue weighted by molar-refractivity contribution is 0.283. The molecule has 0 unspecified atom stereocenters. The molecule has 1 heterocycles. The highest BCUT2D eigenvalue weighted by atomic mass is 127. The number of guanidine groups is 1. The van der Waals surface area contributed by atoms with Crippen LogP contribution >= 0.6 is 35.3 Å². The van der Waals surface area contributed by atoms with Gasteiger partial charge < -0.3 is 10.6 Å². The third-order valence-electron chi connectivity index (χ3n) is 5.15. The standard InChI is InChI=1S/C18H32N4O2S2.HI/c1-5-18(11-7-8-12-18)14-21-17(19-6-2)20-13-15-9-10-16(25-15)26(23,24)22(3)4;/h9-10H,5-8,11-14H2,1-4H3,(H2,19,20,21);1H. The van der Waals surface area contributed by atoms with Gasteiger partial charge in [-0.05, 0) is 43.7 Å². The summed E-state index contributed by atoms with van der Waals surface area (Å²) < 4.78 is 26.0. The zero-order valence-corrected chi connectivity index (χ0v) is 20.7. The topological polar surface area (TPSA) is 73.8 Å². The Kier molecular flexibility index (Phi) is 10.0. The second-order valence-corrected chi connectivity index (χ2v) is 10.7. The molecule has 0 atom stereocenters. The zero-order chi connectivity index (χ0) is 19.2. The molecule has 27 heavy (non-hydrogen) atoms. The maximum absolute atomic E-state index is 12.2. The third kappa shape index (κ3) is 6.57. The lowest BCUT2D eigenvalue weighted by Gasteiger charge is -2.28. The van der Waals surface area contributed by atoms with Crippen molar-refractivity contribution >= 4 is 51.3 Å². The highest BCUT2D eigenvalue weighted by Gasteiger charge is 2.31. The number of nitrogens with zero attached hydrogens (tertiary/aromatic N) is 2. The van der Waals surface area contributed by atoms with Crippen LogP contribution in [0.25, 0.3) is 0 Å². The van der Waals surface area contributed by atoms with Gasteiger partial charge in [0, 0.05) is 32.1 Å². The predicted octanol–water partition coefficient (Wildman–Crippen LogP) is 3.64. The van der Waals surface area contributed by atoms with E-state index in [1.165, 1.54) is 47.7 Å². The summed E-state index contributed by atoms with van der Waals surface area (Å²) in [5.41, 5.74) is 0.395. The number of hydrogen-bond donors (Lipinski definition) is 2. The van der Waals surface area contributed by atoms with Gasteiger partial charge in [0.25, 0.3) is 10.0 Å². The van der Waals surface area contributed by atoms with Crippen molar-refractivity contribution in [1.82, 2.24) is 14.9 Å². The number of rotatable bonds is 8. The van der Waals surface area contributed by atoms with E-state index >= 15 is 0 Å². The second kappa shape index (κ2) is 11.0. The Bertz CT molecular complexity index is 711. The van der Waals surface area contributed by atoms with Gasteiger partial charge in [-0.1, -0.05) is 19.8 Å². The van der Waals surface area contributed by atoms with Crippen LogP contribution in [0.1, 0.15) is 50.8 Å². The van der Waals surface area contributed by atoms with Gasteiger partial charge in [-0.3, -0.25) is 0 Å². The lowest BCUT2D eigenvalue weighted by atomic mass is 9.83. The van der Waals surface area contributed by atoms with Crippen molar-refractivity contribution in [1.29, 1.82) is 0 Å². The molecule has 156 valence electrons. The average molecular weight is 529 g/mol. The normalized spacial score (nSPS) is 17.0. The third-order valence-corrected chi connectivity index (χ3v) is 8.51. The van der Waals surface area contributed by atoms with Gasteiger partial charge in [-0.2, -0.15) is 0 Å². The molecule has 9 heteroatoms. The van der Waals surface area contributed by atoms with Crippen LogP contribution in [0, 0.1) is 5.41 Å². The van der Waals surface area contributed by atoms with E-state index in [0.29, 0.717) is 16.2 Å². The smallest absolute Gasteiger partial charge is 0.252 e. The molecule has 6 nitrogen and oxygen atoms in total. The molecule has 2 rings (SSSR count). The summed E-state index contributed by atoms with van der Waals surface area (Å²) in [4.78, 5) is 5.59. The molecule has 0 amide bonds. The van der Waals surface area contributed by atoms with Crippen LogP contribution in [0.15, 0.2) is 21.3 Å². The SMILES string of the molecule is CCNC(=NCc1ccc(S(=O)(=O)N(C)C)s1)NCC1(CC)CCCC1.I. The first kappa shape index (κ1) is 24.6. The molecular formula is C18H33IN4O2S2. The molecule has 2 N–H and O–H groups in total. The van der Waals surface area contributed by atoms with E-state index < -0.39 is 10.0 Å². The summed E-state index contributed by atoms with van der Waals surface area (Å²) in [5, 5.41) is 6.79. The zero-order valence-electron chi connectivity index (χ0n) is 16.7. The summed E-state index contributed by atoms with van der Waals surface area (Å²) in [5.74, 6) is 0.803. The second-order valence-electron chi connectivity index (χ2n) is 7.12. The molecule has 1 aromatic rings.